The van der Waals surface area contributed by atoms with Crippen molar-refractivity contribution in [2.75, 3.05) is 12.4 Å². The van der Waals surface area contributed by atoms with E-state index in [9.17, 15) is 14.4 Å². The molecule has 0 fully saturated rings. The van der Waals surface area contributed by atoms with Crippen molar-refractivity contribution < 1.29 is 19.1 Å². The third-order valence-electron chi connectivity index (χ3n) is 3.27. The van der Waals surface area contributed by atoms with E-state index >= 15 is 0 Å². The summed E-state index contributed by atoms with van der Waals surface area (Å²) in [5.41, 5.74) is 6.83. The first-order valence-corrected chi connectivity index (χ1v) is 9.05. The monoisotopic (exact) mass is 392 g/mol. The minimum absolute atomic E-state index is 0.0338. The van der Waals surface area contributed by atoms with Crippen LogP contribution in [0.3, 0.4) is 0 Å². The highest BCUT2D eigenvalue weighted by Gasteiger charge is 2.17. The molecule has 2 aromatic carbocycles. The molecule has 0 unspecified atom stereocenters. The molecule has 3 amide bonds. The van der Waals surface area contributed by atoms with E-state index in [-0.39, 0.29) is 11.0 Å². The van der Waals surface area contributed by atoms with Crippen molar-refractivity contribution in [1.82, 2.24) is 5.32 Å². The molecular weight excluding hydrogens is 376 g/mol. The molecule has 6 nitrogen and oxygen atoms in total. The van der Waals surface area contributed by atoms with Crippen LogP contribution in [-0.2, 0) is 14.3 Å². The number of halogens is 1. The van der Waals surface area contributed by atoms with Gasteiger partial charge in [0.05, 0.1) is 11.0 Å². The normalized spacial score (nSPS) is 11.4. The molecule has 0 aliphatic carbocycles. The summed E-state index contributed by atoms with van der Waals surface area (Å²) < 4.78 is 4.85. The van der Waals surface area contributed by atoms with Gasteiger partial charge in [0.25, 0.3) is 5.91 Å². The number of amides is 3. The number of carbonyl (C=O) groups is 3. The van der Waals surface area contributed by atoms with Crippen LogP contribution in [-0.4, -0.2) is 30.3 Å². The Labute approximate surface area is 160 Å². The van der Waals surface area contributed by atoms with E-state index < -0.39 is 24.5 Å². The second-order valence-corrected chi connectivity index (χ2v) is 6.76. The third kappa shape index (κ3) is 6.42. The number of carbonyl (C=O) groups excluding carboxylic acids is 3. The summed E-state index contributed by atoms with van der Waals surface area (Å²) in [6, 6.07) is 16.1. The number of nitrogens with one attached hydrogen (secondary N) is 1. The van der Waals surface area contributed by atoms with Crippen LogP contribution in [0.2, 0.25) is 5.02 Å². The molecule has 8 heteroatoms. The first-order valence-electron chi connectivity index (χ1n) is 7.62. The van der Waals surface area contributed by atoms with Gasteiger partial charge >= 0.3 is 12.0 Å². The highest BCUT2D eigenvalue weighted by molar-refractivity contribution is 8.00. The number of urea groups is 1. The molecule has 1 atom stereocenters. The van der Waals surface area contributed by atoms with Gasteiger partial charge in [0.1, 0.15) is 0 Å². The van der Waals surface area contributed by atoms with Crippen molar-refractivity contribution in [3.05, 3.63) is 70.7 Å². The highest BCUT2D eigenvalue weighted by Crippen LogP contribution is 2.36. The van der Waals surface area contributed by atoms with Gasteiger partial charge in [0, 0.05) is 5.02 Å². The van der Waals surface area contributed by atoms with Gasteiger partial charge in [-0.3, -0.25) is 14.9 Å². The standard InChI is InChI=1S/C18H17ClN2O4S/c19-14-8-6-13(7-9-14)17(12-4-2-1-3-5-12)26-11-16(23)25-10-15(22)21-18(20)24/h1-9,17H,10-11H2,(H3,20,21,22,24)/t17-/m0/s1. The molecule has 0 aliphatic heterocycles. The fraction of sp³-hybridized carbons (Fsp3) is 0.167. The number of ether oxygens (including phenoxy) is 1. The third-order valence-corrected chi connectivity index (χ3v) is 4.80. The molecule has 0 saturated carbocycles. The van der Waals surface area contributed by atoms with Crippen LogP contribution >= 0.6 is 23.4 Å². The van der Waals surface area contributed by atoms with Gasteiger partial charge in [-0.2, -0.15) is 0 Å². The summed E-state index contributed by atoms with van der Waals surface area (Å²) in [7, 11) is 0. The number of hydrogen-bond acceptors (Lipinski definition) is 5. The first-order chi connectivity index (χ1) is 12.5. The Morgan fingerprint density at radius 2 is 1.65 bits per heavy atom. The predicted molar refractivity (Wildman–Crippen MR) is 101 cm³/mol. The molecule has 3 N–H and O–H groups in total. The van der Waals surface area contributed by atoms with Crippen LogP contribution in [0, 0.1) is 0 Å². The van der Waals surface area contributed by atoms with Crippen molar-refractivity contribution in [3.8, 4) is 0 Å². The molecule has 0 spiro atoms. The molecule has 0 bridgehead atoms. The number of nitrogens with two attached hydrogens (primary N) is 1. The molecule has 0 aliphatic rings. The number of benzene rings is 2. The maximum absolute atomic E-state index is 11.9. The van der Waals surface area contributed by atoms with Crippen LogP contribution in [0.25, 0.3) is 0 Å². The maximum Gasteiger partial charge on any atom is 0.318 e. The summed E-state index contributed by atoms with van der Waals surface area (Å²) in [6.45, 7) is -0.556. The van der Waals surface area contributed by atoms with Crippen molar-refractivity contribution in [3.63, 3.8) is 0 Å². The van der Waals surface area contributed by atoms with Gasteiger partial charge in [-0.1, -0.05) is 54.1 Å². The highest BCUT2D eigenvalue weighted by atomic mass is 35.5. The topological polar surface area (TPSA) is 98.5 Å². The summed E-state index contributed by atoms with van der Waals surface area (Å²) in [5.74, 6) is -1.30. The van der Waals surface area contributed by atoms with Crippen molar-refractivity contribution in [1.29, 1.82) is 0 Å². The lowest BCUT2D eigenvalue weighted by atomic mass is 10.0. The van der Waals surface area contributed by atoms with Crippen LogP contribution < -0.4 is 11.1 Å². The number of hydrogen-bond donors (Lipinski definition) is 2. The number of imide groups is 1. The van der Waals surface area contributed by atoms with E-state index in [1.54, 1.807) is 12.1 Å². The Balaban J connectivity index is 1.99. The number of thioether (sulfide) groups is 1. The molecule has 0 aromatic heterocycles. The lowest BCUT2D eigenvalue weighted by Gasteiger charge is -2.17. The largest absolute Gasteiger partial charge is 0.455 e. The molecule has 2 aromatic rings. The molecule has 0 heterocycles. The Hall–Kier alpha value is -2.51. The minimum Gasteiger partial charge on any atom is -0.455 e. The predicted octanol–water partition coefficient (Wildman–Crippen LogP) is 2.90. The molecule has 2 rings (SSSR count). The number of primary amides is 1. The summed E-state index contributed by atoms with van der Waals surface area (Å²) in [5, 5.41) is 2.36. The van der Waals surface area contributed by atoms with Crippen molar-refractivity contribution in [2.24, 2.45) is 5.73 Å². The Kier molecular flexibility index (Phi) is 7.50. The van der Waals surface area contributed by atoms with Gasteiger partial charge in [0.15, 0.2) is 6.61 Å². The van der Waals surface area contributed by atoms with E-state index in [4.69, 9.17) is 22.1 Å². The zero-order valence-electron chi connectivity index (χ0n) is 13.7. The second-order valence-electron chi connectivity index (χ2n) is 5.23. The van der Waals surface area contributed by atoms with E-state index in [0.29, 0.717) is 5.02 Å². The zero-order chi connectivity index (χ0) is 18.9. The van der Waals surface area contributed by atoms with Crippen molar-refractivity contribution >= 4 is 41.3 Å². The molecular formula is C18H17ClN2O4S. The number of esters is 1. The summed E-state index contributed by atoms with van der Waals surface area (Å²) in [4.78, 5) is 33.7. The molecule has 136 valence electrons. The zero-order valence-corrected chi connectivity index (χ0v) is 15.3. The van der Waals surface area contributed by atoms with Gasteiger partial charge in [-0.15, -0.1) is 11.8 Å². The SMILES string of the molecule is NC(=O)NC(=O)COC(=O)CS[C@@H](c1ccccc1)c1ccc(Cl)cc1. The lowest BCUT2D eigenvalue weighted by Crippen LogP contribution is -2.37. The quantitative estimate of drug-likeness (QED) is 0.706. The van der Waals surface area contributed by atoms with E-state index in [0.717, 1.165) is 11.1 Å². The van der Waals surface area contributed by atoms with Gasteiger partial charge < -0.3 is 10.5 Å². The Bertz CT molecular complexity index is 769. The van der Waals surface area contributed by atoms with E-state index in [1.807, 2.05) is 47.8 Å². The second kappa shape index (κ2) is 9.84. The smallest absolute Gasteiger partial charge is 0.318 e. The van der Waals surface area contributed by atoms with E-state index in [1.165, 1.54) is 11.8 Å². The van der Waals surface area contributed by atoms with Crippen LogP contribution in [0.1, 0.15) is 16.4 Å². The Morgan fingerprint density at radius 1 is 1.04 bits per heavy atom. The maximum atomic E-state index is 11.9. The van der Waals surface area contributed by atoms with Gasteiger partial charge in [0.2, 0.25) is 0 Å². The van der Waals surface area contributed by atoms with Crippen LogP contribution in [0.4, 0.5) is 4.79 Å². The van der Waals surface area contributed by atoms with Crippen LogP contribution in [0.5, 0.6) is 0 Å². The average molecular weight is 393 g/mol. The van der Waals surface area contributed by atoms with Crippen molar-refractivity contribution in [2.45, 2.75) is 5.25 Å². The van der Waals surface area contributed by atoms with Gasteiger partial charge in [-0.25, -0.2) is 4.79 Å². The molecule has 0 radical (unpaired) electrons. The summed E-state index contributed by atoms with van der Waals surface area (Å²) >= 11 is 7.31. The minimum atomic E-state index is -0.993. The fourth-order valence-electron chi connectivity index (χ4n) is 2.16. The van der Waals surface area contributed by atoms with Gasteiger partial charge in [-0.05, 0) is 23.3 Å². The summed E-state index contributed by atoms with van der Waals surface area (Å²) in [6.07, 6.45) is 0. The first kappa shape index (κ1) is 19.8. The number of rotatable bonds is 7. The average Bonchev–Trinajstić information content (AvgIpc) is 2.62. The van der Waals surface area contributed by atoms with E-state index in [2.05, 4.69) is 0 Å². The molecule has 0 saturated heterocycles. The lowest BCUT2D eigenvalue weighted by molar-refractivity contribution is -0.145. The Morgan fingerprint density at radius 3 is 2.27 bits per heavy atom. The molecule has 26 heavy (non-hydrogen) atoms. The van der Waals surface area contributed by atoms with Crippen LogP contribution in [0.15, 0.2) is 54.6 Å². The fourth-order valence-corrected chi connectivity index (χ4v) is 3.37.